The first-order chi connectivity index (χ1) is 12.4. The lowest BCUT2D eigenvalue weighted by molar-refractivity contribution is -0.137. The molecule has 0 bridgehead atoms. The maximum absolute atomic E-state index is 12.7. The second-order valence-electron chi connectivity index (χ2n) is 6.00. The van der Waals surface area contributed by atoms with Gasteiger partial charge in [0.15, 0.2) is 0 Å². The van der Waals surface area contributed by atoms with Gasteiger partial charge in [-0.2, -0.15) is 18.4 Å². The number of rotatable bonds is 3. The molecule has 1 amide bonds. The van der Waals surface area contributed by atoms with E-state index in [0.717, 1.165) is 36.2 Å². The van der Waals surface area contributed by atoms with E-state index in [1.165, 1.54) is 6.07 Å². The Bertz CT molecular complexity index is 871. The van der Waals surface area contributed by atoms with Crippen LogP contribution in [0.2, 0.25) is 0 Å². The van der Waals surface area contributed by atoms with Crippen molar-refractivity contribution in [3.05, 3.63) is 59.2 Å². The Kier molecular flexibility index (Phi) is 4.85. The van der Waals surface area contributed by atoms with Crippen molar-refractivity contribution < 1.29 is 18.0 Å². The fraction of sp³-hybridized carbons (Fsp3) is 0.263. The van der Waals surface area contributed by atoms with Crippen LogP contribution in [0.25, 0.3) is 0 Å². The molecule has 0 saturated heterocycles. The zero-order chi connectivity index (χ0) is 18.7. The predicted molar refractivity (Wildman–Crippen MR) is 91.8 cm³/mol. The SMILES string of the molecule is N#Cc1cc(C(F)(F)F)ccc1NCC(=O)N1CCCc2ccccc21. The Balaban J connectivity index is 1.74. The van der Waals surface area contributed by atoms with Crippen LogP contribution in [0.1, 0.15) is 23.1 Å². The lowest BCUT2D eigenvalue weighted by Crippen LogP contribution is -2.39. The summed E-state index contributed by atoms with van der Waals surface area (Å²) in [5.74, 6) is -0.194. The highest BCUT2D eigenvalue weighted by atomic mass is 19.4. The molecule has 0 radical (unpaired) electrons. The molecule has 4 nitrogen and oxygen atoms in total. The van der Waals surface area contributed by atoms with Gasteiger partial charge in [0.05, 0.1) is 23.4 Å². The van der Waals surface area contributed by atoms with Crippen LogP contribution in [-0.2, 0) is 17.4 Å². The number of nitrogens with zero attached hydrogens (tertiary/aromatic N) is 2. The molecular formula is C19H16F3N3O. The summed E-state index contributed by atoms with van der Waals surface area (Å²) < 4.78 is 38.2. The summed E-state index contributed by atoms with van der Waals surface area (Å²) in [5, 5.41) is 11.9. The fourth-order valence-corrected chi connectivity index (χ4v) is 3.03. The lowest BCUT2D eigenvalue weighted by atomic mass is 10.0. The largest absolute Gasteiger partial charge is 0.416 e. The molecule has 2 aromatic carbocycles. The van der Waals surface area contributed by atoms with Crippen LogP contribution < -0.4 is 10.2 Å². The maximum Gasteiger partial charge on any atom is 0.416 e. The van der Waals surface area contributed by atoms with Crippen LogP contribution >= 0.6 is 0 Å². The number of benzene rings is 2. The molecule has 0 unspecified atom stereocenters. The molecule has 1 aliphatic heterocycles. The van der Waals surface area contributed by atoms with Crippen molar-refractivity contribution in [1.29, 1.82) is 5.26 Å². The third-order valence-corrected chi connectivity index (χ3v) is 4.31. The molecule has 1 heterocycles. The number of amides is 1. The molecule has 1 aliphatic rings. The van der Waals surface area contributed by atoms with Crippen molar-refractivity contribution in [2.45, 2.75) is 19.0 Å². The fourth-order valence-electron chi connectivity index (χ4n) is 3.03. The first kappa shape index (κ1) is 17.8. The summed E-state index contributed by atoms with van der Waals surface area (Å²) in [5.41, 5.74) is 1.12. The number of alkyl halides is 3. The van der Waals surface area contributed by atoms with Gasteiger partial charge >= 0.3 is 6.18 Å². The Morgan fingerprint density at radius 2 is 2.00 bits per heavy atom. The van der Waals surface area contributed by atoms with Crippen LogP contribution in [0, 0.1) is 11.3 Å². The second-order valence-corrected chi connectivity index (χ2v) is 6.00. The van der Waals surface area contributed by atoms with Gasteiger partial charge in [-0.05, 0) is 42.7 Å². The standard InChI is InChI=1S/C19H16F3N3O/c20-19(21,22)15-7-8-16(14(10-15)11-23)24-12-18(26)25-9-3-5-13-4-1-2-6-17(13)25/h1-2,4,6-8,10,24H,3,5,9,12H2. The second kappa shape index (κ2) is 7.08. The van der Waals surface area contributed by atoms with Crippen LogP contribution in [-0.4, -0.2) is 19.0 Å². The molecule has 7 heteroatoms. The molecule has 0 atom stereocenters. The number of para-hydroxylation sites is 1. The van der Waals surface area contributed by atoms with Gasteiger partial charge in [0, 0.05) is 12.2 Å². The van der Waals surface area contributed by atoms with Gasteiger partial charge < -0.3 is 10.2 Å². The number of fused-ring (bicyclic) bond motifs is 1. The zero-order valence-corrected chi connectivity index (χ0v) is 13.8. The molecule has 0 aliphatic carbocycles. The van der Waals surface area contributed by atoms with E-state index in [0.29, 0.717) is 6.54 Å². The van der Waals surface area contributed by atoms with E-state index in [-0.39, 0.29) is 23.7 Å². The number of carbonyl (C=O) groups excluding carboxylic acids is 1. The van der Waals surface area contributed by atoms with Crippen LogP contribution in [0.5, 0.6) is 0 Å². The average Bonchev–Trinajstić information content (AvgIpc) is 2.64. The quantitative estimate of drug-likeness (QED) is 0.902. The van der Waals surface area contributed by atoms with Gasteiger partial charge in [-0.1, -0.05) is 18.2 Å². The van der Waals surface area contributed by atoms with Gasteiger partial charge in [-0.3, -0.25) is 4.79 Å². The molecule has 0 saturated carbocycles. The molecule has 0 fully saturated rings. The van der Waals surface area contributed by atoms with Crippen molar-refractivity contribution in [2.75, 3.05) is 23.3 Å². The minimum Gasteiger partial charge on any atom is -0.375 e. The van der Waals surface area contributed by atoms with E-state index in [4.69, 9.17) is 5.26 Å². The smallest absolute Gasteiger partial charge is 0.375 e. The van der Waals surface area contributed by atoms with E-state index in [9.17, 15) is 18.0 Å². The number of nitrogens with one attached hydrogen (secondary N) is 1. The first-order valence-corrected chi connectivity index (χ1v) is 8.13. The Hall–Kier alpha value is -3.01. The lowest BCUT2D eigenvalue weighted by Gasteiger charge is -2.29. The molecule has 26 heavy (non-hydrogen) atoms. The summed E-state index contributed by atoms with van der Waals surface area (Å²) in [4.78, 5) is 14.2. The summed E-state index contributed by atoms with van der Waals surface area (Å²) >= 11 is 0. The molecule has 134 valence electrons. The van der Waals surface area contributed by atoms with E-state index in [1.807, 2.05) is 24.3 Å². The Morgan fingerprint density at radius 3 is 2.73 bits per heavy atom. The first-order valence-electron chi connectivity index (χ1n) is 8.13. The number of nitriles is 1. The highest BCUT2D eigenvalue weighted by molar-refractivity contribution is 5.97. The number of carbonyl (C=O) groups is 1. The number of anilines is 2. The van der Waals surface area contributed by atoms with E-state index in [2.05, 4.69) is 5.32 Å². The third kappa shape index (κ3) is 3.64. The maximum atomic E-state index is 12.7. The van der Waals surface area contributed by atoms with Crippen molar-refractivity contribution in [1.82, 2.24) is 0 Å². The van der Waals surface area contributed by atoms with E-state index in [1.54, 1.807) is 11.0 Å². The number of aryl methyl sites for hydroxylation is 1. The summed E-state index contributed by atoms with van der Waals surface area (Å²) in [7, 11) is 0. The number of hydrogen-bond donors (Lipinski definition) is 1. The highest BCUT2D eigenvalue weighted by Gasteiger charge is 2.31. The van der Waals surface area contributed by atoms with Gasteiger partial charge in [0.1, 0.15) is 6.07 Å². The van der Waals surface area contributed by atoms with Crippen molar-refractivity contribution in [2.24, 2.45) is 0 Å². The third-order valence-electron chi connectivity index (χ3n) is 4.31. The van der Waals surface area contributed by atoms with Crippen LogP contribution in [0.4, 0.5) is 24.5 Å². The summed E-state index contributed by atoms with van der Waals surface area (Å²) in [6.45, 7) is 0.490. The Morgan fingerprint density at radius 1 is 1.23 bits per heavy atom. The van der Waals surface area contributed by atoms with Crippen LogP contribution in [0.15, 0.2) is 42.5 Å². The van der Waals surface area contributed by atoms with E-state index < -0.39 is 11.7 Å². The van der Waals surface area contributed by atoms with Crippen LogP contribution in [0.3, 0.4) is 0 Å². The minimum absolute atomic E-state index is 0.103. The molecular weight excluding hydrogens is 343 g/mol. The zero-order valence-electron chi connectivity index (χ0n) is 13.8. The highest BCUT2D eigenvalue weighted by Crippen LogP contribution is 2.32. The molecule has 0 spiro atoms. The van der Waals surface area contributed by atoms with Gasteiger partial charge in [0.25, 0.3) is 0 Å². The monoisotopic (exact) mass is 359 g/mol. The van der Waals surface area contributed by atoms with Crippen molar-refractivity contribution in [3.8, 4) is 6.07 Å². The summed E-state index contributed by atoms with van der Waals surface area (Å²) in [6.07, 6.45) is -2.76. The Labute approximate surface area is 148 Å². The number of halogens is 3. The molecule has 1 N–H and O–H groups in total. The predicted octanol–water partition coefficient (Wildman–Crippen LogP) is 3.97. The average molecular weight is 359 g/mol. The molecule has 2 aromatic rings. The van der Waals surface area contributed by atoms with Crippen molar-refractivity contribution >= 4 is 17.3 Å². The van der Waals surface area contributed by atoms with Crippen molar-refractivity contribution in [3.63, 3.8) is 0 Å². The minimum atomic E-state index is -4.52. The molecule has 3 rings (SSSR count). The molecule has 0 aromatic heterocycles. The number of hydrogen-bond acceptors (Lipinski definition) is 3. The van der Waals surface area contributed by atoms with E-state index >= 15 is 0 Å². The van der Waals surface area contributed by atoms with Gasteiger partial charge in [-0.15, -0.1) is 0 Å². The van der Waals surface area contributed by atoms with Gasteiger partial charge in [-0.25, -0.2) is 0 Å². The van der Waals surface area contributed by atoms with Gasteiger partial charge in [0.2, 0.25) is 5.91 Å². The normalized spacial score (nSPS) is 13.7. The topological polar surface area (TPSA) is 56.1 Å². The summed E-state index contributed by atoms with van der Waals surface area (Å²) in [6, 6.07) is 12.2.